The first kappa shape index (κ1) is 22.4. The van der Waals surface area contributed by atoms with Crippen LogP contribution in [0.4, 0.5) is 5.69 Å². The average molecular weight is 415 g/mol. The van der Waals surface area contributed by atoms with Gasteiger partial charge in [-0.15, -0.1) is 0 Å². The van der Waals surface area contributed by atoms with E-state index < -0.39 is 15.7 Å². The molecule has 0 saturated heterocycles. The molecule has 0 saturated carbocycles. The number of nitriles is 1. The Morgan fingerprint density at radius 3 is 2.52 bits per heavy atom. The molecular weight excluding hydrogens is 388 g/mol. The zero-order valence-corrected chi connectivity index (χ0v) is 17.3. The molecule has 154 valence electrons. The lowest BCUT2D eigenvalue weighted by Gasteiger charge is -2.10. The summed E-state index contributed by atoms with van der Waals surface area (Å²) in [6.45, 7) is 2.13. The zero-order chi connectivity index (χ0) is 21.3. The predicted molar refractivity (Wildman–Crippen MR) is 113 cm³/mol. The van der Waals surface area contributed by atoms with Crippen LogP contribution >= 0.6 is 0 Å². The number of unbranched alkanes of at least 4 members (excludes halogenated alkanes) is 5. The first-order valence-electron chi connectivity index (χ1n) is 9.74. The minimum absolute atomic E-state index is 0.00910. The summed E-state index contributed by atoms with van der Waals surface area (Å²) in [6.07, 6.45) is 5.81. The van der Waals surface area contributed by atoms with E-state index in [4.69, 9.17) is 5.26 Å². The maximum atomic E-state index is 12.6. The molecule has 2 rings (SSSR count). The van der Waals surface area contributed by atoms with Crippen LogP contribution in [0.25, 0.3) is 0 Å². The van der Waals surface area contributed by atoms with Gasteiger partial charge in [0.2, 0.25) is 0 Å². The Hall–Kier alpha value is -2.85. The highest BCUT2D eigenvalue weighted by molar-refractivity contribution is 7.91. The number of carbonyl (C=O) groups excluding carboxylic acids is 1. The molecule has 0 atom stereocenters. The van der Waals surface area contributed by atoms with E-state index in [1.54, 1.807) is 18.2 Å². The standard InChI is InChI=1S/C22H26N2O4S/c1-2-3-4-5-6-7-13-29(27,28)19-11-12-21(25)20(15-19)22(26)24-18-10-8-9-17(14-18)16-23/h8-12,14-15,25H,2-7,13H2,1H3,(H,24,26). The smallest absolute Gasteiger partial charge is 0.259 e. The van der Waals surface area contributed by atoms with Crippen LogP contribution in [0.15, 0.2) is 47.4 Å². The van der Waals surface area contributed by atoms with Crippen LogP contribution in [-0.2, 0) is 9.84 Å². The van der Waals surface area contributed by atoms with Gasteiger partial charge in [-0.25, -0.2) is 8.42 Å². The van der Waals surface area contributed by atoms with E-state index in [9.17, 15) is 18.3 Å². The van der Waals surface area contributed by atoms with E-state index in [1.807, 2.05) is 6.07 Å². The van der Waals surface area contributed by atoms with Gasteiger partial charge in [-0.1, -0.05) is 45.1 Å². The third-order valence-electron chi connectivity index (χ3n) is 4.59. The molecule has 0 aliphatic rings. The SMILES string of the molecule is CCCCCCCCS(=O)(=O)c1ccc(O)c(C(=O)Nc2cccc(C#N)c2)c1. The number of phenols is 1. The quantitative estimate of drug-likeness (QED) is 0.550. The largest absolute Gasteiger partial charge is 0.507 e. The Kier molecular flexibility index (Phi) is 8.22. The molecule has 0 aliphatic heterocycles. The van der Waals surface area contributed by atoms with Crippen molar-refractivity contribution in [1.29, 1.82) is 5.26 Å². The Labute approximate surface area is 172 Å². The lowest BCUT2D eigenvalue weighted by molar-refractivity contribution is 0.102. The van der Waals surface area contributed by atoms with Crippen molar-refractivity contribution >= 4 is 21.4 Å². The molecule has 2 aromatic rings. The molecule has 0 fully saturated rings. The second kappa shape index (κ2) is 10.6. The number of rotatable bonds is 10. The number of carbonyl (C=O) groups is 1. The Morgan fingerprint density at radius 1 is 1.07 bits per heavy atom. The lowest BCUT2D eigenvalue weighted by atomic mass is 10.1. The third-order valence-corrected chi connectivity index (χ3v) is 6.39. The van der Waals surface area contributed by atoms with Gasteiger partial charge in [0, 0.05) is 5.69 Å². The van der Waals surface area contributed by atoms with E-state index in [-0.39, 0.29) is 22.0 Å². The number of sulfone groups is 1. The molecule has 2 N–H and O–H groups in total. The summed E-state index contributed by atoms with van der Waals surface area (Å²) in [5.74, 6) is -0.943. The molecule has 29 heavy (non-hydrogen) atoms. The van der Waals surface area contributed by atoms with E-state index in [0.717, 1.165) is 32.1 Å². The van der Waals surface area contributed by atoms with Crippen molar-refractivity contribution in [3.05, 3.63) is 53.6 Å². The van der Waals surface area contributed by atoms with Crippen molar-refractivity contribution < 1.29 is 18.3 Å². The van der Waals surface area contributed by atoms with Crippen LogP contribution in [-0.4, -0.2) is 25.2 Å². The summed E-state index contributed by atoms with van der Waals surface area (Å²) in [5.41, 5.74) is 0.632. The van der Waals surface area contributed by atoms with Crippen molar-refractivity contribution in [2.24, 2.45) is 0 Å². The summed E-state index contributed by atoms with van der Waals surface area (Å²) < 4.78 is 25.2. The van der Waals surface area contributed by atoms with Gasteiger partial charge < -0.3 is 10.4 Å². The predicted octanol–water partition coefficient (Wildman–Crippen LogP) is 4.65. The van der Waals surface area contributed by atoms with Gasteiger partial charge in [-0.05, 0) is 42.8 Å². The van der Waals surface area contributed by atoms with Crippen molar-refractivity contribution in [3.63, 3.8) is 0 Å². The van der Waals surface area contributed by atoms with Crippen molar-refractivity contribution in [1.82, 2.24) is 0 Å². The summed E-state index contributed by atoms with van der Waals surface area (Å²) in [7, 11) is -3.54. The van der Waals surface area contributed by atoms with Crippen LogP contribution in [0.5, 0.6) is 5.75 Å². The Balaban J connectivity index is 2.09. The number of aromatic hydroxyl groups is 1. The van der Waals surface area contributed by atoms with E-state index >= 15 is 0 Å². The molecule has 0 heterocycles. The molecular formula is C22H26N2O4S. The van der Waals surface area contributed by atoms with E-state index in [0.29, 0.717) is 17.7 Å². The number of benzene rings is 2. The van der Waals surface area contributed by atoms with Gasteiger partial charge in [0.05, 0.1) is 27.8 Å². The summed E-state index contributed by atoms with van der Waals surface area (Å²) in [4.78, 5) is 12.5. The van der Waals surface area contributed by atoms with E-state index in [2.05, 4.69) is 12.2 Å². The maximum Gasteiger partial charge on any atom is 0.259 e. The van der Waals surface area contributed by atoms with Gasteiger partial charge in [-0.3, -0.25) is 4.79 Å². The van der Waals surface area contributed by atoms with Gasteiger partial charge in [-0.2, -0.15) is 5.26 Å². The van der Waals surface area contributed by atoms with Crippen LogP contribution < -0.4 is 5.32 Å². The molecule has 0 aliphatic carbocycles. The van der Waals surface area contributed by atoms with Crippen LogP contribution in [0.3, 0.4) is 0 Å². The zero-order valence-electron chi connectivity index (χ0n) is 16.5. The number of nitrogens with zero attached hydrogens (tertiary/aromatic N) is 1. The molecule has 7 heteroatoms. The summed E-state index contributed by atoms with van der Waals surface area (Å²) >= 11 is 0. The van der Waals surface area contributed by atoms with E-state index in [1.165, 1.54) is 24.3 Å². The first-order chi connectivity index (χ1) is 13.9. The van der Waals surface area contributed by atoms with Gasteiger partial charge >= 0.3 is 0 Å². The molecule has 0 radical (unpaired) electrons. The second-order valence-corrected chi connectivity index (χ2v) is 9.02. The number of amides is 1. The molecule has 0 aromatic heterocycles. The summed E-state index contributed by atoms with van der Waals surface area (Å²) in [6, 6.07) is 12.0. The normalized spacial score (nSPS) is 11.0. The first-order valence-corrected chi connectivity index (χ1v) is 11.4. The minimum Gasteiger partial charge on any atom is -0.507 e. The highest BCUT2D eigenvalue weighted by Gasteiger charge is 2.19. The number of nitrogens with one attached hydrogen (secondary N) is 1. The molecule has 6 nitrogen and oxygen atoms in total. The molecule has 0 spiro atoms. The minimum atomic E-state index is -3.54. The second-order valence-electron chi connectivity index (χ2n) is 6.91. The van der Waals surface area contributed by atoms with Crippen molar-refractivity contribution in [3.8, 4) is 11.8 Å². The van der Waals surface area contributed by atoms with Crippen molar-refractivity contribution in [2.75, 3.05) is 11.1 Å². The van der Waals surface area contributed by atoms with Crippen LogP contribution in [0, 0.1) is 11.3 Å². The number of anilines is 1. The molecule has 0 unspecified atom stereocenters. The topological polar surface area (TPSA) is 107 Å². The van der Waals surface area contributed by atoms with Gasteiger partial charge in [0.1, 0.15) is 5.75 Å². The van der Waals surface area contributed by atoms with Crippen molar-refractivity contribution in [2.45, 2.75) is 50.3 Å². The number of hydrogen-bond acceptors (Lipinski definition) is 5. The number of hydrogen-bond donors (Lipinski definition) is 2. The van der Waals surface area contributed by atoms with Crippen LogP contribution in [0.2, 0.25) is 0 Å². The fraction of sp³-hybridized carbons (Fsp3) is 0.364. The van der Waals surface area contributed by atoms with Gasteiger partial charge in [0.25, 0.3) is 5.91 Å². The molecule has 2 aromatic carbocycles. The lowest BCUT2D eigenvalue weighted by Crippen LogP contribution is -2.14. The fourth-order valence-electron chi connectivity index (χ4n) is 2.95. The summed E-state index contributed by atoms with van der Waals surface area (Å²) in [5, 5.41) is 21.6. The maximum absolute atomic E-state index is 12.6. The Bertz CT molecular complexity index is 994. The third kappa shape index (κ3) is 6.61. The highest BCUT2D eigenvalue weighted by Crippen LogP contribution is 2.24. The monoisotopic (exact) mass is 414 g/mol. The fourth-order valence-corrected chi connectivity index (χ4v) is 4.34. The van der Waals surface area contributed by atoms with Crippen LogP contribution in [0.1, 0.15) is 61.4 Å². The highest BCUT2D eigenvalue weighted by atomic mass is 32.2. The molecule has 0 bridgehead atoms. The Morgan fingerprint density at radius 2 is 1.79 bits per heavy atom. The number of phenolic OH excluding ortho intramolecular Hbond substituents is 1. The average Bonchev–Trinajstić information content (AvgIpc) is 2.70. The van der Waals surface area contributed by atoms with Gasteiger partial charge in [0.15, 0.2) is 9.84 Å². The molecule has 1 amide bonds.